The third kappa shape index (κ3) is 1.88. The van der Waals surface area contributed by atoms with Crippen molar-refractivity contribution in [1.82, 2.24) is 9.97 Å². The molecule has 19 heavy (non-hydrogen) atoms. The van der Waals surface area contributed by atoms with E-state index in [9.17, 15) is 0 Å². The van der Waals surface area contributed by atoms with Crippen molar-refractivity contribution in [2.45, 2.75) is 38.5 Å². The number of nitrogen functional groups attached to an aromatic ring is 2. The molecule has 102 valence electrons. The molecule has 0 aliphatic heterocycles. The van der Waals surface area contributed by atoms with E-state index in [0.717, 1.165) is 41.6 Å². The molecule has 1 aromatic heterocycles. The summed E-state index contributed by atoms with van der Waals surface area (Å²) in [5.41, 5.74) is 12.7. The van der Waals surface area contributed by atoms with Crippen LogP contribution >= 0.6 is 0 Å². The van der Waals surface area contributed by atoms with Crippen molar-refractivity contribution in [3.63, 3.8) is 0 Å². The van der Waals surface area contributed by atoms with Crippen molar-refractivity contribution in [2.75, 3.05) is 11.5 Å². The van der Waals surface area contributed by atoms with Crippen molar-refractivity contribution >= 4 is 11.8 Å². The van der Waals surface area contributed by atoms with Gasteiger partial charge in [-0.1, -0.05) is 0 Å². The topological polar surface area (TPSA) is 77.8 Å². The van der Waals surface area contributed by atoms with Crippen LogP contribution in [0.15, 0.2) is 6.20 Å². The predicted octanol–water partition coefficient (Wildman–Crippen LogP) is 2.26. The van der Waals surface area contributed by atoms with E-state index in [4.69, 9.17) is 11.5 Å². The minimum Gasteiger partial charge on any atom is -0.383 e. The van der Waals surface area contributed by atoms with Crippen LogP contribution in [0.5, 0.6) is 0 Å². The zero-order chi connectivity index (χ0) is 13.0. The maximum Gasteiger partial charge on any atom is 0.221 e. The van der Waals surface area contributed by atoms with Crippen LogP contribution in [-0.2, 0) is 6.42 Å². The first-order chi connectivity index (χ1) is 9.19. The molecule has 0 radical (unpaired) electrons. The Balaban J connectivity index is 1.56. The molecule has 4 fully saturated rings. The van der Waals surface area contributed by atoms with Gasteiger partial charge in [0.1, 0.15) is 5.82 Å². The summed E-state index contributed by atoms with van der Waals surface area (Å²) in [4.78, 5) is 8.21. The second kappa shape index (κ2) is 4.09. The molecule has 0 atom stereocenters. The van der Waals surface area contributed by atoms with Crippen molar-refractivity contribution in [3.05, 3.63) is 11.8 Å². The first-order valence-electron chi connectivity index (χ1n) is 7.56. The number of anilines is 2. The normalized spacial score (nSPS) is 39.7. The van der Waals surface area contributed by atoms with E-state index < -0.39 is 0 Å². The Morgan fingerprint density at radius 3 is 2.21 bits per heavy atom. The number of rotatable bonds is 2. The minimum atomic E-state index is 0.284. The molecule has 4 heteroatoms. The van der Waals surface area contributed by atoms with Gasteiger partial charge in [0.05, 0.1) is 0 Å². The van der Waals surface area contributed by atoms with E-state index in [1.54, 1.807) is 0 Å². The molecule has 4 aliphatic rings. The molecule has 1 aromatic rings. The lowest BCUT2D eigenvalue weighted by Crippen LogP contribution is -2.45. The molecule has 4 N–H and O–H groups in total. The van der Waals surface area contributed by atoms with Crippen LogP contribution in [-0.4, -0.2) is 9.97 Å². The SMILES string of the molecule is Nc1ncc(CC2C3CC4CC(C3)CC2C4)c(N)n1. The fourth-order valence-corrected chi connectivity index (χ4v) is 5.22. The highest BCUT2D eigenvalue weighted by atomic mass is 15.0. The van der Waals surface area contributed by atoms with Crippen molar-refractivity contribution in [3.8, 4) is 0 Å². The Labute approximate surface area is 114 Å². The predicted molar refractivity (Wildman–Crippen MR) is 75.1 cm³/mol. The number of hydrogen-bond donors (Lipinski definition) is 2. The van der Waals surface area contributed by atoms with Crippen molar-refractivity contribution in [2.24, 2.45) is 29.6 Å². The molecule has 4 saturated carbocycles. The third-order valence-corrected chi connectivity index (χ3v) is 5.79. The summed E-state index contributed by atoms with van der Waals surface area (Å²) in [5, 5.41) is 0. The summed E-state index contributed by atoms with van der Waals surface area (Å²) in [6, 6.07) is 0. The van der Waals surface area contributed by atoms with Gasteiger partial charge in [0.25, 0.3) is 0 Å². The van der Waals surface area contributed by atoms with Crippen LogP contribution in [0.3, 0.4) is 0 Å². The smallest absolute Gasteiger partial charge is 0.221 e. The van der Waals surface area contributed by atoms with E-state index in [1.165, 1.54) is 32.1 Å². The van der Waals surface area contributed by atoms with Crippen LogP contribution in [0, 0.1) is 29.6 Å². The molecule has 4 aliphatic carbocycles. The van der Waals surface area contributed by atoms with Gasteiger partial charge in [0.15, 0.2) is 0 Å². The van der Waals surface area contributed by atoms with Crippen molar-refractivity contribution in [1.29, 1.82) is 0 Å². The van der Waals surface area contributed by atoms with Gasteiger partial charge in [-0.15, -0.1) is 0 Å². The average Bonchev–Trinajstić information content (AvgIpc) is 2.35. The average molecular weight is 258 g/mol. The van der Waals surface area contributed by atoms with E-state index in [1.807, 2.05) is 6.20 Å². The van der Waals surface area contributed by atoms with Crippen LogP contribution in [0.25, 0.3) is 0 Å². The molecule has 0 aromatic carbocycles. The highest BCUT2D eigenvalue weighted by molar-refractivity contribution is 5.41. The largest absolute Gasteiger partial charge is 0.383 e. The van der Waals surface area contributed by atoms with E-state index in [-0.39, 0.29) is 5.95 Å². The number of nitrogens with zero attached hydrogens (tertiary/aromatic N) is 2. The molecule has 4 bridgehead atoms. The molecule has 1 heterocycles. The zero-order valence-electron chi connectivity index (χ0n) is 11.3. The monoisotopic (exact) mass is 258 g/mol. The Bertz CT molecular complexity index is 471. The summed E-state index contributed by atoms with van der Waals surface area (Å²) in [7, 11) is 0. The second-order valence-corrected chi connectivity index (χ2v) is 6.94. The van der Waals surface area contributed by atoms with Crippen molar-refractivity contribution < 1.29 is 0 Å². The third-order valence-electron chi connectivity index (χ3n) is 5.79. The van der Waals surface area contributed by atoms with Gasteiger partial charge >= 0.3 is 0 Å². The number of nitrogens with two attached hydrogens (primary N) is 2. The van der Waals surface area contributed by atoms with Gasteiger partial charge in [0.2, 0.25) is 5.95 Å². The van der Waals surface area contributed by atoms with E-state index >= 15 is 0 Å². The molecule has 5 rings (SSSR count). The first-order valence-corrected chi connectivity index (χ1v) is 7.56. The van der Waals surface area contributed by atoms with Gasteiger partial charge < -0.3 is 11.5 Å². The maximum absolute atomic E-state index is 5.99. The standard InChI is InChI=1S/C15H22N4/c16-14-12(7-18-15(17)19-14)6-13-10-2-8-1-9(4-10)5-11(13)3-8/h7-11,13H,1-6H2,(H4,16,17,18,19). The Morgan fingerprint density at radius 2 is 1.63 bits per heavy atom. The van der Waals surface area contributed by atoms with Crippen LogP contribution in [0.1, 0.15) is 37.7 Å². The quantitative estimate of drug-likeness (QED) is 0.853. The summed E-state index contributed by atoms with van der Waals surface area (Å²) < 4.78 is 0. The highest BCUT2D eigenvalue weighted by Crippen LogP contribution is 2.57. The summed E-state index contributed by atoms with van der Waals surface area (Å²) >= 11 is 0. The molecule has 0 spiro atoms. The highest BCUT2D eigenvalue weighted by Gasteiger charge is 2.47. The lowest BCUT2D eigenvalue weighted by molar-refractivity contribution is -0.0359. The Hall–Kier alpha value is -1.32. The van der Waals surface area contributed by atoms with Crippen LogP contribution < -0.4 is 11.5 Å². The van der Waals surface area contributed by atoms with Gasteiger partial charge in [-0.05, 0) is 68.1 Å². The molecule has 0 amide bonds. The number of aromatic nitrogens is 2. The van der Waals surface area contributed by atoms with Gasteiger partial charge in [-0.3, -0.25) is 0 Å². The van der Waals surface area contributed by atoms with Gasteiger partial charge in [0, 0.05) is 11.8 Å². The van der Waals surface area contributed by atoms with Crippen LogP contribution in [0.4, 0.5) is 11.8 Å². The van der Waals surface area contributed by atoms with Gasteiger partial charge in [-0.2, -0.15) is 4.98 Å². The maximum atomic E-state index is 5.99. The lowest BCUT2D eigenvalue weighted by atomic mass is 9.51. The molecule has 0 unspecified atom stereocenters. The Morgan fingerprint density at radius 1 is 1.00 bits per heavy atom. The summed E-state index contributed by atoms with van der Waals surface area (Å²) in [6.45, 7) is 0. The van der Waals surface area contributed by atoms with Crippen LogP contribution in [0.2, 0.25) is 0 Å². The minimum absolute atomic E-state index is 0.284. The molecule has 4 nitrogen and oxygen atoms in total. The molecular weight excluding hydrogens is 236 g/mol. The molecular formula is C15H22N4. The number of hydrogen-bond acceptors (Lipinski definition) is 4. The fraction of sp³-hybridized carbons (Fsp3) is 0.733. The zero-order valence-corrected chi connectivity index (χ0v) is 11.3. The summed E-state index contributed by atoms with van der Waals surface area (Å²) in [5.74, 6) is 5.58. The lowest BCUT2D eigenvalue weighted by Gasteiger charge is -2.54. The van der Waals surface area contributed by atoms with E-state index in [0.29, 0.717) is 5.82 Å². The summed E-state index contributed by atoms with van der Waals surface area (Å²) in [6.07, 6.45) is 10.2. The fourth-order valence-electron chi connectivity index (χ4n) is 5.22. The Kier molecular flexibility index (Phi) is 2.47. The molecule has 0 saturated heterocycles. The van der Waals surface area contributed by atoms with E-state index in [2.05, 4.69) is 9.97 Å². The first kappa shape index (κ1) is 11.5. The second-order valence-electron chi connectivity index (χ2n) is 6.94. The van der Waals surface area contributed by atoms with Gasteiger partial charge in [-0.25, -0.2) is 4.98 Å².